The molecule has 1 aromatic heterocycles. The summed E-state index contributed by atoms with van der Waals surface area (Å²) in [6, 6.07) is 21.3. The topological polar surface area (TPSA) is 65.3 Å². The summed E-state index contributed by atoms with van der Waals surface area (Å²) in [5.74, 6) is 1.43. The fraction of sp³-hybridized carbons (Fsp3) is 0.240. The number of para-hydroxylation sites is 4. The van der Waals surface area contributed by atoms with Gasteiger partial charge in [0, 0.05) is 0 Å². The Kier molecular flexibility index (Phi) is 6.69. The molecule has 0 spiro atoms. The predicted octanol–water partition coefficient (Wildman–Crippen LogP) is 5.15. The van der Waals surface area contributed by atoms with Gasteiger partial charge >= 0.3 is 0 Å². The second-order valence-electron chi connectivity index (χ2n) is 7.05. The van der Waals surface area contributed by atoms with Crippen molar-refractivity contribution in [2.45, 2.75) is 13.8 Å². The van der Waals surface area contributed by atoms with Gasteiger partial charge in [0.15, 0.2) is 0 Å². The average Bonchev–Trinajstić information content (AvgIpc) is 2.80. The highest BCUT2D eigenvalue weighted by molar-refractivity contribution is 6.02. The number of hydrogen-bond acceptors (Lipinski definition) is 6. The molecule has 2 bridgehead atoms. The number of hydrogen-bond donors (Lipinski definition) is 0. The first kappa shape index (κ1) is 20.8. The summed E-state index contributed by atoms with van der Waals surface area (Å²) in [6.07, 6.45) is 0. The molecule has 0 amide bonds. The van der Waals surface area contributed by atoms with Gasteiger partial charge in [0.05, 0.1) is 36.0 Å². The first-order valence-corrected chi connectivity index (χ1v) is 10.3. The van der Waals surface area contributed by atoms with Crippen LogP contribution in [0.4, 0.5) is 11.4 Å². The van der Waals surface area contributed by atoms with Gasteiger partial charge in [-0.25, -0.2) is 15.0 Å². The number of aliphatic imine (C=N–C) groups is 2. The summed E-state index contributed by atoms with van der Waals surface area (Å²) >= 11 is 0. The molecular formula is C25H25N3O3. The summed E-state index contributed by atoms with van der Waals surface area (Å²) < 4.78 is 17.4. The molecule has 0 saturated carbocycles. The Morgan fingerprint density at radius 3 is 1.58 bits per heavy atom. The van der Waals surface area contributed by atoms with Crippen LogP contribution in [-0.2, 0) is 4.74 Å². The molecule has 2 aromatic carbocycles. The zero-order valence-electron chi connectivity index (χ0n) is 17.7. The second kappa shape index (κ2) is 10.00. The smallest absolute Gasteiger partial charge is 0.145 e. The van der Waals surface area contributed by atoms with Gasteiger partial charge in [-0.05, 0) is 50.2 Å². The van der Waals surface area contributed by atoms with Crippen molar-refractivity contribution in [2.24, 2.45) is 9.98 Å². The molecule has 0 fully saturated rings. The van der Waals surface area contributed by atoms with Crippen molar-refractivity contribution < 1.29 is 14.2 Å². The van der Waals surface area contributed by atoms with Crippen molar-refractivity contribution in [3.05, 3.63) is 78.1 Å². The van der Waals surface area contributed by atoms with Crippen molar-refractivity contribution in [1.82, 2.24) is 4.98 Å². The number of nitrogens with zero attached hydrogens (tertiary/aromatic N) is 3. The first-order valence-electron chi connectivity index (χ1n) is 10.3. The second-order valence-corrected chi connectivity index (χ2v) is 7.05. The van der Waals surface area contributed by atoms with Crippen molar-refractivity contribution in [3.63, 3.8) is 0 Å². The third kappa shape index (κ3) is 5.35. The molecule has 0 atom stereocenters. The van der Waals surface area contributed by atoms with Crippen LogP contribution in [0.2, 0.25) is 0 Å². The lowest BCUT2D eigenvalue weighted by Crippen LogP contribution is -2.12. The molecule has 0 N–H and O–H groups in total. The molecule has 1 aliphatic heterocycles. The fourth-order valence-electron chi connectivity index (χ4n) is 3.18. The minimum absolute atomic E-state index is 0.430. The Bertz CT molecular complexity index is 1030. The minimum atomic E-state index is 0.430. The molecule has 0 aliphatic carbocycles. The lowest BCUT2D eigenvalue weighted by Gasteiger charge is -2.12. The van der Waals surface area contributed by atoms with E-state index in [-0.39, 0.29) is 0 Å². The van der Waals surface area contributed by atoms with E-state index in [0.29, 0.717) is 37.9 Å². The molecule has 158 valence electrons. The van der Waals surface area contributed by atoms with E-state index < -0.39 is 0 Å². The Morgan fingerprint density at radius 1 is 0.581 bits per heavy atom. The maximum Gasteiger partial charge on any atom is 0.145 e. The molecule has 31 heavy (non-hydrogen) atoms. The van der Waals surface area contributed by atoms with Gasteiger partial charge in [0.25, 0.3) is 0 Å². The van der Waals surface area contributed by atoms with Crippen LogP contribution in [0.1, 0.15) is 25.2 Å². The summed E-state index contributed by atoms with van der Waals surface area (Å²) in [6.45, 7) is 5.67. The number of pyridine rings is 1. The predicted molar refractivity (Wildman–Crippen MR) is 123 cm³/mol. The zero-order valence-corrected chi connectivity index (χ0v) is 17.7. The van der Waals surface area contributed by atoms with E-state index in [1.165, 1.54) is 0 Å². The fourth-order valence-corrected chi connectivity index (χ4v) is 3.18. The van der Waals surface area contributed by atoms with Gasteiger partial charge in [0.2, 0.25) is 0 Å². The lowest BCUT2D eigenvalue weighted by molar-refractivity contribution is 0.0767. The van der Waals surface area contributed by atoms with E-state index in [4.69, 9.17) is 29.2 Å². The van der Waals surface area contributed by atoms with Gasteiger partial charge in [-0.15, -0.1) is 0 Å². The van der Waals surface area contributed by atoms with Gasteiger partial charge in [-0.1, -0.05) is 30.3 Å². The van der Waals surface area contributed by atoms with Crippen LogP contribution in [0.5, 0.6) is 11.5 Å². The Hall–Kier alpha value is -3.51. The van der Waals surface area contributed by atoms with Gasteiger partial charge in [-0.3, -0.25) is 0 Å². The molecule has 0 radical (unpaired) electrons. The van der Waals surface area contributed by atoms with Gasteiger partial charge in [-0.2, -0.15) is 0 Å². The maximum atomic E-state index is 5.90. The van der Waals surface area contributed by atoms with Crippen LogP contribution in [0, 0.1) is 0 Å². The highest BCUT2D eigenvalue weighted by Crippen LogP contribution is 2.29. The van der Waals surface area contributed by atoms with E-state index in [0.717, 1.165) is 34.2 Å². The summed E-state index contributed by atoms with van der Waals surface area (Å²) in [4.78, 5) is 14.3. The highest BCUT2D eigenvalue weighted by Gasteiger charge is 2.09. The average molecular weight is 415 g/mol. The van der Waals surface area contributed by atoms with Crippen LogP contribution >= 0.6 is 0 Å². The monoisotopic (exact) mass is 415 g/mol. The third-order valence-corrected chi connectivity index (χ3v) is 4.77. The molecule has 4 rings (SSSR count). The quantitative estimate of drug-likeness (QED) is 0.509. The maximum absolute atomic E-state index is 5.90. The number of fused-ring (bicyclic) bond motifs is 4. The van der Waals surface area contributed by atoms with E-state index in [1.807, 2.05) is 80.6 Å². The first-order chi connectivity index (χ1) is 15.2. The minimum Gasteiger partial charge on any atom is -0.489 e. The van der Waals surface area contributed by atoms with Crippen LogP contribution in [0.15, 0.2) is 76.7 Å². The third-order valence-electron chi connectivity index (χ3n) is 4.77. The largest absolute Gasteiger partial charge is 0.489 e. The molecular weight excluding hydrogens is 390 g/mol. The standard InChI is InChI=1S/C25H25N3O3/c1-18-20-10-7-11-21(28-20)19(2)27-23-9-4-6-13-25(23)31-17-15-29-14-16-30-24-12-5-3-8-22(24)26-18/h3-13H,14-17H2,1-2H3. The zero-order chi connectivity index (χ0) is 21.5. The number of ether oxygens (including phenoxy) is 3. The SMILES string of the molecule is CC1=Nc2ccccc2OCCOCCOc2ccccc2N=C(C)c2cccc1n2. The highest BCUT2D eigenvalue weighted by atomic mass is 16.5. The molecule has 1 aliphatic rings. The Balaban J connectivity index is 1.73. The van der Waals surface area contributed by atoms with Gasteiger partial charge in [0.1, 0.15) is 36.1 Å². The Labute approximate surface area is 182 Å². The van der Waals surface area contributed by atoms with Crippen molar-refractivity contribution in [1.29, 1.82) is 0 Å². The molecule has 0 unspecified atom stereocenters. The van der Waals surface area contributed by atoms with Gasteiger partial charge < -0.3 is 14.2 Å². The van der Waals surface area contributed by atoms with Crippen molar-refractivity contribution in [2.75, 3.05) is 26.4 Å². The molecule has 0 saturated heterocycles. The van der Waals surface area contributed by atoms with E-state index in [9.17, 15) is 0 Å². The normalized spacial score (nSPS) is 15.0. The molecule has 6 nitrogen and oxygen atoms in total. The number of rotatable bonds is 0. The number of benzene rings is 2. The van der Waals surface area contributed by atoms with E-state index >= 15 is 0 Å². The lowest BCUT2D eigenvalue weighted by atomic mass is 10.2. The van der Waals surface area contributed by atoms with E-state index in [1.54, 1.807) is 0 Å². The van der Waals surface area contributed by atoms with E-state index in [2.05, 4.69) is 0 Å². The molecule has 2 heterocycles. The van der Waals surface area contributed by atoms with Crippen LogP contribution in [-0.4, -0.2) is 42.8 Å². The van der Waals surface area contributed by atoms with Crippen LogP contribution < -0.4 is 9.47 Å². The van der Waals surface area contributed by atoms with Crippen molar-refractivity contribution in [3.8, 4) is 11.5 Å². The van der Waals surface area contributed by atoms with Crippen molar-refractivity contribution >= 4 is 22.8 Å². The summed E-state index contributed by atoms with van der Waals surface area (Å²) in [5.41, 5.74) is 4.69. The molecule has 6 heteroatoms. The number of aromatic nitrogens is 1. The molecule has 3 aromatic rings. The van der Waals surface area contributed by atoms with Crippen LogP contribution in [0.3, 0.4) is 0 Å². The Morgan fingerprint density at radius 2 is 1.06 bits per heavy atom. The summed E-state index contributed by atoms with van der Waals surface area (Å²) in [5, 5.41) is 0. The van der Waals surface area contributed by atoms with Crippen LogP contribution in [0.25, 0.3) is 0 Å². The summed E-state index contributed by atoms with van der Waals surface area (Å²) in [7, 11) is 0.